The van der Waals surface area contributed by atoms with Crippen molar-refractivity contribution < 1.29 is 18.1 Å². The van der Waals surface area contributed by atoms with E-state index in [0.717, 1.165) is 6.07 Å². The van der Waals surface area contributed by atoms with Crippen LogP contribution in [0.1, 0.15) is 6.42 Å². The Bertz CT molecular complexity index is 644. The van der Waals surface area contributed by atoms with E-state index in [4.69, 9.17) is 0 Å². The first-order valence-electron chi connectivity index (χ1n) is 5.98. The van der Waals surface area contributed by atoms with Crippen LogP contribution in [0.15, 0.2) is 23.1 Å². The third-order valence-electron chi connectivity index (χ3n) is 2.66. The quantitative estimate of drug-likeness (QED) is 0.481. The van der Waals surface area contributed by atoms with E-state index in [0.29, 0.717) is 0 Å². The normalized spacial score (nSPS) is 11.0. The maximum absolute atomic E-state index is 12.2. The molecule has 0 radical (unpaired) electrons. The van der Waals surface area contributed by atoms with Crippen molar-refractivity contribution in [1.82, 2.24) is 10.0 Å². The molecule has 1 amide bonds. The summed E-state index contributed by atoms with van der Waals surface area (Å²) in [5, 5.41) is 15.8. The lowest BCUT2D eigenvalue weighted by Crippen LogP contribution is -2.29. The maximum Gasteiger partial charge on any atom is 0.270 e. The molecule has 1 aromatic carbocycles. The minimum absolute atomic E-state index is 0.0282. The van der Waals surface area contributed by atoms with Crippen molar-refractivity contribution >= 4 is 27.3 Å². The first-order chi connectivity index (χ1) is 9.81. The van der Waals surface area contributed by atoms with Gasteiger partial charge in [-0.1, -0.05) is 0 Å². The molecular formula is C11H16N4O5S. The van der Waals surface area contributed by atoms with Crippen molar-refractivity contribution in [2.24, 2.45) is 0 Å². The van der Waals surface area contributed by atoms with Gasteiger partial charge in [-0.2, -0.15) is 0 Å². The molecule has 1 aromatic rings. The average Bonchev–Trinajstić information content (AvgIpc) is 2.45. The molecule has 0 unspecified atom stereocenters. The number of anilines is 1. The average molecular weight is 316 g/mol. The number of hydrogen-bond donors (Lipinski definition) is 3. The molecule has 9 nitrogen and oxygen atoms in total. The van der Waals surface area contributed by atoms with Gasteiger partial charge < -0.3 is 10.6 Å². The summed E-state index contributed by atoms with van der Waals surface area (Å²) in [6, 6.07) is 3.48. The summed E-state index contributed by atoms with van der Waals surface area (Å²) >= 11 is 0. The van der Waals surface area contributed by atoms with Crippen LogP contribution >= 0.6 is 0 Å². The molecule has 0 heterocycles. The predicted molar refractivity (Wildman–Crippen MR) is 76.5 cm³/mol. The first kappa shape index (κ1) is 16.9. The monoisotopic (exact) mass is 316 g/mol. The summed E-state index contributed by atoms with van der Waals surface area (Å²) in [5.74, 6) is -0.314. The van der Waals surface area contributed by atoms with Crippen molar-refractivity contribution in [1.29, 1.82) is 0 Å². The number of rotatable bonds is 7. The van der Waals surface area contributed by atoms with Gasteiger partial charge in [0.2, 0.25) is 15.9 Å². The molecule has 0 aliphatic heterocycles. The van der Waals surface area contributed by atoms with Crippen LogP contribution in [0.2, 0.25) is 0 Å². The van der Waals surface area contributed by atoms with Gasteiger partial charge in [0.1, 0.15) is 4.90 Å². The topological polar surface area (TPSA) is 130 Å². The van der Waals surface area contributed by atoms with Crippen molar-refractivity contribution in [2.45, 2.75) is 11.3 Å². The Labute approximate surface area is 121 Å². The number of nitro benzene ring substituents is 1. The van der Waals surface area contributed by atoms with Crippen molar-refractivity contribution in [2.75, 3.05) is 26.0 Å². The number of nitrogens with zero attached hydrogens (tertiary/aromatic N) is 1. The molecule has 0 aliphatic rings. The van der Waals surface area contributed by atoms with E-state index in [9.17, 15) is 23.3 Å². The number of nitro groups is 1. The van der Waals surface area contributed by atoms with Gasteiger partial charge in [-0.05, 0) is 6.07 Å². The molecule has 3 N–H and O–H groups in total. The largest absolute Gasteiger partial charge is 0.387 e. The number of nitrogens with one attached hydrogen (secondary N) is 3. The minimum Gasteiger partial charge on any atom is -0.387 e. The highest BCUT2D eigenvalue weighted by Crippen LogP contribution is 2.25. The van der Waals surface area contributed by atoms with Gasteiger partial charge in [0.05, 0.1) is 10.6 Å². The third-order valence-corrected chi connectivity index (χ3v) is 4.16. The second-order valence-corrected chi connectivity index (χ2v) is 5.74. The van der Waals surface area contributed by atoms with E-state index in [1.165, 1.54) is 26.2 Å². The SMILES string of the molecule is CNC(=O)CCNS(=O)(=O)c1cc([N+](=O)[O-])ccc1NC. The Morgan fingerprint density at radius 3 is 2.52 bits per heavy atom. The van der Waals surface area contributed by atoms with Crippen LogP contribution in [0.25, 0.3) is 0 Å². The Morgan fingerprint density at radius 2 is 2.00 bits per heavy atom. The molecule has 1 rings (SSSR count). The second kappa shape index (κ2) is 6.99. The summed E-state index contributed by atoms with van der Waals surface area (Å²) in [7, 11) is -1.01. The second-order valence-electron chi connectivity index (χ2n) is 4.01. The molecule has 0 saturated heterocycles. The summed E-state index contributed by atoms with van der Waals surface area (Å²) < 4.78 is 26.5. The fourth-order valence-electron chi connectivity index (χ4n) is 1.56. The summed E-state index contributed by atoms with van der Waals surface area (Å²) in [6.07, 6.45) is -0.0282. The van der Waals surface area contributed by atoms with E-state index in [-0.39, 0.29) is 35.1 Å². The molecule has 0 atom stereocenters. The van der Waals surface area contributed by atoms with E-state index in [1.807, 2.05) is 0 Å². The van der Waals surface area contributed by atoms with Crippen LogP contribution in [0.4, 0.5) is 11.4 Å². The lowest BCUT2D eigenvalue weighted by atomic mass is 10.3. The zero-order chi connectivity index (χ0) is 16.0. The Balaban J connectivity index is 3.03. The van der Waals surface area contributed by atoms with Gasteiger partial charge in [0.25, 0.3) is 5.69 Å². The Hall–Kier alpha value is -2.20. The standard InChI is InChI=1S/C11H16N4O5S/c1-12-9-4-3-8(15(17)18)7-10(9)21(19,20)14-6-5-11(16)13-2/h3-4,7,12,14H,5-6H2,1-2H3,(H,13,16). The summed E-state index contributed by atoms with van der Waals surface area (Å²) in [5.41, 5.74) is -0.103. The van der Waals surface area contributed by atoms with Crippen molar-refractivity contribution in [3.8, 4) is 0 Å². The predicted octanol–water partition coefficient (Wildman–Crippen LogP) is 0.0509. The van der Waals surface area contributed by atoms with Crippen molar-refractivity contribution in [3.63, 3.8) is 0 Å². The molecule has 10 heteroatoms. The molecule has 21 heavy (non-hydrogen) atoms. The van der Waals surface area contributed by atoms with Crippen LogP contribution < -0.4 is 15.4 Å². The Kier molecular flexibility index (Phi) is 5.61. The molecule has 0 spiro atoms. The van der Waals surface area contributed by atoms with Gasteiger partial charge in [-0.25, -0.2) is 13.1 Å². The van der Waals surface area contributed by atoms with E-state index < -0.39 is 14.9 Å². The smallest absolute Gasteiger partial charge is 0.270 e. The highest BCUT2D eigenvalue weighted by atomic mass is 32.2. The van der Waals surface area contributed by atoms with Crippen LogP contribution in [-0.2, 0) is 14.8 Å². The molecule has 116 valence electrons. The fraction of sp³-hybridized carbons (Fsp3) is 0.364. The first-order valence-corrected chi connectivity index (χ1v) is 7.46. The van der Waals surface area contributed by atoms with Crippen LogP contribution in [0.5, 0.6) is 0 Å². The zero-order valence-corrected chi connectivity index (χ0v) is 12.4. The van der Waals surface area contributed by atoms with Gasteiger partial charge in [0.15, 0.2) is 0 Å². The molecule has 0 aromatic heterocycles. The van der Waals surface area contributed by atoms with Crippen LogP contribution in [0, 0.1) is 10.1 Å². The van der Waals surface area contributed by atoms with E-state index >= 15 is 0 Å². The zero-order valence-electron chi connectivity index (χ0n) is 11.5. The molecule has 0 bridgehead atoms. The highest BCUT2D eigenvalue weighted by molar-refractivity contribution is 7.89. The number of amides is 1. The molecule has 0 fully saturated rings. The summed E-state index contributed by atoms with van der Waals surface area (Å²) in [6.45, 7) is -0.103. The lowest BCUT2D eigenvalue weighted by molar-refractivity contribution is -0.385. The van der Waals surface area contributed by atoms with Crippen LogP contribution in [0.3, 0.4) is 0 Å². The maximum atomic E-state index is 12.2. The number of benzene rings is 1. The number of carbonyl (C=O) groups excluding carboxylic acids is 1. The van der Waals surface area contributed by atoms with Crippen molar-refractivity contribution in [3.05, 3.63) is 28.3 Å². The third kappa shape index (κ3) is 4.39. The molecule has 0 saturated carbocycles. The number of carbonyl (C=O) groups is 1. The minimum atomic E-state index is -3.96. The lowest BCUT2D eigenvalue weighted by Gasteiger charge is -2.11. The van der Waals surface area contributed by atoms with E-state index in [2.05, 4.69) is 15.4 Å². The van der Waals surface area contributed by atoms with Crippen LogP contribution in [-0.4, -0.2) is 39.9 Å². The van der Waals surface area contributed by atoms with Gasteiger partial charge in [-0.15, -0.1) is 0 Å². The van der Waals surface area contributed by atoms with Gasteiger partial charge >= 0.3 is 0 Å². The van der Waals surface area contributed by atoms with Gasteiger partial charge in [0, 0.05) is 39.2 Å². The molecular weight excluding hydrogens is 300 g/mol. The summed E-state index contributed by atoms with van der Waals surface area (Å²) in [4.78, 5) is 20.9. The van der Waals surface area contributed by atoms with E-state index in [1.54, 1.807) is 0 Å². The van der Waals surface area contributed by atoms with Gasteiger partial charge in [-0.3, -0.25) is 14.9 Å². The number of non-ortho nitro benzene ring substituents is 1. The highest BCUT2D eigenvalue weighted by Gasteiger charge is 2.21. The Morgan fingerprint density at radius 1 is 1.33 bits per heavy atom. The fourth-order valence-corrected chi connectivity index (χ4v) is 2.82. The number of sulfonamides is 1. The number of hydrogen-bond acceptors (Lipinski definition) is 6. The molecule has 0 aliphatic carbocycles.